The van der Waals surface area contributed by atoms with Crippen LogP contribution in [-0.2, 0) is 28.2 Å². The van der Waals surface area contributed by atoms with E-state index in [1.807, 2.05) is 159 Å². The number of aryl methyl sites for hydroxylation is 5. The van der Waals surface area contributed by atoms with Gasteiger partial charge in [0.05, 0.1) is 7.11 Å². The molecule has 338 valence electrons. The maximum Gasteiger partial charge on any atom is 0.400 e. The predicted octanol–water partition coefficient (Wildman–Crippen LogP) is 12.6. The maximum absolute atomic E-state index is 11.3. The van der Waals surface area contributed by atoms with E-state index >= 15 is 0 Å². The zero-order chi connectivity index (χ0) is 47.7. The third kappa shape index (κ3) is 12.2. The van der Waals surface area contributed by atoms with Crippen LogP contribution < -0.4 is 15.0 Å². The first-order valence-corrected chi connectivity index (χ1v) is 21.6. The Balaban J connectivity index is 0.000000181. The number of aromatic nitrogens is 6. The second-order valence-corrected chi connectivity index (χ2v) is 16.6. The maximum atomic E-state index is 11.3. The zero-order valence-electron chi connectivity index (χ0n) is 38.7. The number of aromatic hydroxyl groups is 1. The lowest BCUT2D eigenvalue weighted by Crippen LogP contribution is -2.21. The van der Waals surface area contributed by atoms with Crippen LogP contribution in [0.15, 0.2) is 86.4 Å². The summed E-state index contributed by atoms with van der Waals surface area (Å²) in [5.41, 5.74) is 12.9. The third-order valence-corrected chi connectivity index (χ3v) is 12.5. The Morgan fingerprint density at radius 1 is 0.562 bits per heavy atom. The highest BCUT2D eigenvalue weighted by Crippen LogP contribution is 2.28. The topological polar surface area (TPSA) is 128 Å². The molecule has 0 unspecified atom stereocenters. The molecule has 6 aromatic heterocycles. The summed E-state index contributed by atoms with van der Waals surface area (Å²) in [5, 5.41) is 9.48. The number of benzene rings is 2. The van der Waals surface area contributed by atoms with Crippen molar-refractivity contribution in [2.24, 2.45) is 28.2 Å². The van der Waals surface area contributed by atoms with Crippen LogP contribution in [0, 0.1) is 76.2 Å². The molecule has 64 heavy (non-hydrogen) atoms. The van der Waals surface area contributed by atoms with Crippen LogP contribution in [0.25, 0.3) is 22.2 Å². The second-order valence-electron chi connectivity index (χ2n) is 15.1. The molecule has 0 bridgehead atoms. The Hall–Kier alpha value is -5.87. The minimum absolute atomic E-state index is 0.105. The highest BCUT2D eigenvalue weighted by Gasteiger charge is 2.11. The van der Waals surface area contributed by atoms with Crippen LogP contribution >= 0.6 is 48.3 Å². The molecule has 0 amide bonds. The molecular weight excluding hydrogens is 888 g/mol. The minimum Gasteiger partial charge on any atom is -0.505 e. The van der Waals surface area contributed by atoms with E-state index in [0.29, 0.717) is 20.6 Å². The van der Waals surface area contributed by atoms with Crippen molar-refractivity contribution in [1.29, 1.82) is 0 Å². The largest absolute Gasteiger partial charge is 0.505 e. The quantitative estimate of drug-likeness (QED) is 0.170. The molecule has 6 heterocycles. The van der Waals surface area contributed by atoms with Crippen molar-refractivity contribution in [2.75, 3.05) is 7.11 Å². The van der Waals surface area contributed by atoms with E-state index in [1.54, 1.807) is 29.4 Å². The summed E-state index contributed by atoms with van der Waals surface area (Å²) in [6.07, 6.45) is 0.209. The Bertz CT molecular complexity index is 3060. The Morgan fingerprint density at radius 3 is 1.50 bits per heavy atom. The van der Waals surface area contributed by atoms with E-state index in [-0.39, 0.29) is 22.7 Å². The fourth-order valence-corrected chi connectivity index (χ4v) is 6.96. The molecule has 0 atom stereocenters. The molecule has 16 heteroatoms. The fraction of sp³-hybridized carbons (Fsp3) is 0.292. The van der Waals surface area contributed by atoms with Crippen molar-refractivity contribution in [2.45, 2.75) is 62.3 Å². The summed E-state index contributed by atoms with van der Waals surface area (Å²) >= 11 is 21.0. The number of halogens is 1. The number of rotatable bonds is 3. The molecule has 1 N–H and O–H groups in total. The zero-order valence-corrected chi connectivity index (χ0v) is 41.9. The molecule has 0 aliphatic heterocycles. The number of para-hydroxylation sites is 4. The van der Waals surface area contributed by atoms with Crippen LogP contribution in [-0.4, -0.2) is 40.5 Å². The van der Waals surface area contributed by atoms with E-state index < -0.39 is 0 Å². The minimum atomic E-state index is 0.105. The summed E-state index contributed by atoms with van der Waals surface area (Å²) in [4.78, 5) is 19.5. The van der Waals surface area contributed by atoms with Gasteiger partial charge in [0.1, 0.15) is 25.0 Å². The first-order valence-electron chi connectivity index (χ1n) is 20.0. The number of nitrogens with zero attached hydrogens (tertiary/aromatic N) is 6. The second kappa shape index (κ2) is 22.2. The Kier molecular flexibility index (Phi) is 17.6. The highest BCUT2D eigenvalue weighted by molar-refractivity contribution is 7.71. The van der Waals surface area contributed by atoms with E-state index in [9.17, 15) is 9.90 Å². The Labute approximate surface area is 394 Å². The van der Waals surface area contributed by atoms with Gasteiger partial charge in [0.15, 0.2) is 28.4 Å². The summed E-state index contributed by atoms with van der Waals surface area (Å²) in [6.45, 7) is 17.9. The molecule has 0 aliphatic rings. The van der Waals surface area contributed by atoms with Gasteiger partial charge >= 0.3 is 6.08 Å². The van der Waals surface area contributed by atoms with Crippen LogP contribution in [0.2, 0.25) is 5.35 Å². The molecule has 0 saturated carbocycles. The summed E-state index contributed by atoms with van der Waals surface area (Å²) in [6, 6.07) is 22.5. The molecule has 8 rings (SSSR count). The average molecular weight is 944 g/mol. The Morgan fingerprint density at radius 2 is 0.984 bits per heavy atom. The molecule has 2 aromatic carbocycles. The van der Waals surface area contributed by atoms with Gasteiger partial charge in [-0.15, -0.1) is 0 Å². The van der Waals surface area contributed by atoms with E-state index in [4.69, 9.17) is 66.6 Å². The van der Waals surface area contributed by atoms with Crippen molar-refractivity contribution in [3.63, 3.8) is 0 Å². The van der Waals surface area contributed by atoms with Gasteiger partial charge in [-0.05, 0) is 145 Å². The summed E-state index contributed by atoms with van der Waals surface area (Å²) in [5.74, 6) is 1.54. The van der Waals surface area contributed by atoms with Crippen LogP contribution in [0.1, 0.15) is 50.6 Å². The predicted molar refractivity (Wildman–Crippen MR) is 264 cm³/mol. The first-order chi connectivity index (χ1) is 30.1. The van der Waals surface area contributed by atoms with Gasteiger partial charge in [0, 0.05) is 56.5 Å². The molecule has 0 spiro atoms. The van der Waals surface area contributed by atoms with Gasteiger partial charge in [0.2, 0.25) is 0 Å². The molecule has 8 aromatic rings. The number of ether oxygens (including phenoxy) is 2. The third-order valence-electron chi connectivity index (χ3n) is 10.9. The van der Waals surface area contributed by atoms with Crippen molar-refractivity contribution in [1.82, 2.24) is 28.2 Å². The van der Waals surface area contributed by atoms with Gasteiger partial charge in [-0.2, -0.15) is 9.97 Å². The average Bonchev–Trinajstić information content (AvgIpc) is 3.88. The van der Waals surface area contributed by atoms with Crippen molar-refractivity contribution in [3.8, 4) is 23.3 Å². The van der Waals surface area contributed by atoms with Gasteiger partial charge in [0.25, 0.3) is 10.9 Å². The van der Waals surface area contributed by atoms with E-state index in [1.165, 1.54) is 16.8 Å². The number of pyridine rings is 4. The van der Waals surface area contributed by atoms with Crippen LogP contribution in [0.4, 0.5) is 0 Å². The smallest absolute Gasteiger partial charge is 0.400 e. The lowest BCUT2D eigenvalue weighted by molar-refractivity contribution is 0.339. The van der Waals surface area contributed by atoms with Crippen molar-refractivity contribution < 1.29 is 23.4 Å². The normalized spacial score (nSPS) is 10.4. The lowest BCUT2D eigenvalue weighted by atomic mass is 10.2. The van der Waals surface area contributed by atoms with Crippen LogP contribution in [0.5, 0.6) is 23.3 Å². The lowest BCUT2D eigenvalue weighted by Gasteiger charge is -2.11. The van der Waals surface area contributed by atoms with Gasteiger partial charge in [-0.3, -0.25) is 4.79 Å². The van der Waals surface area contributed by atoms with E-state index in [2.05, 4.69) is 9.97 Å². The monoisotopic (exact) mass is 942 g/mol. The number of methoxy groups -OCH3 is 1. The summed E-state index contributed by atoms with van der Waals surface area (Å²) < 4.78 is 30.7. The molecule has 12 nitrogen and oxygen atoms in total. The molecule has 0 saturated heterocycles. The SMILES string of the molecule is COc1cc(C)c(C)n(C)c1=S.Cc1cc(C)c(=O)n(C)c1C.Cc1cc(O)c(=S)n(C)c1C.Cc1cc(Oc2nc3ccccc3o2)c(=S)n(C)c1C.Clc1nc2ccccc2o1. The van der Waals surface area contributed by atoms with Gasteiger partial charge < -0.3 is 41.7 Å². The van der Waals surface area contributed by atoms with Crippen molar-refractivity contribution in [3.05, 3.63) is 153 Å². The highest BCUT2D eigenvalue weighted by atomic mass is 35.5. The van der Waals surface area contributed by atoms with Crippen molar-refractivity contribution >= 4 is 70.5 Å². The van der Waals surface area contributed by atoms with Gasteiger partial charge in [-0.25, -0.2) is 0 Å². The molecular formula is C48H55ClN6O6S3. The van der Waals surface area contributed by atoms with Gasteiger partial charge in [-0.1, -0.05) is 60.9 Å². The van der Waals surface area contributed by atoms with Crippen LogP contribution in [0.3, 0.4) is 0 Å². The number of hydrogen-bond acceptors (Lipinski definition) is 11. The number of hydrogen-bond donors (Lipinski definition) is 1. The number of oxazole rings is 2. The standard InChI is InChI=1S/C15H14N2O2S.C9H13NOS.C9H13NO.C8H11NOS.C7H4ClNO/c1-9-8-13(14(20)17(3)10(9)2)19-15-16-11-6-4-5-7-12(11)18-15;1-6-5-8(11-4)9(12)10(3)7(6)2;1-6-5-7(2)9(11)10(4)8(6)3;1-5-4-7(10)8(11)9(3)6(5)2;8-7-9-5-3-1-2-4-6(5)10-7/h4-8H,1-3H3;5H,1-4H3;5H,1-4H3;4,10H,1-3H3;1-4H. The first kappa shape index (κ1) is 50.8. The number of fused-ring (bicyclic) bond motifs is 2. The summed E-state index contributed by atoms with van der Waals surface area (Å²) in [7, 11) is 9.17. The fourth-order valence-electron chi connectivity index (χ4n) is 6.07. The molecule has 0 radical (unpaired) electrons. The molecule has 0 aliphatic carbocycles. The molecule has 0 fully saturated rings. The van der Waals surface area contributed by atoms with E-state index in [0.717, 1.165) is 60.8 Å².